The number of aliphatic hydroxyl groups is 1. The van der Waals surface area contributed by atoms with Crippen LogP contribution in [0.1, 0.15) is 22.8 Å². The fourth-order valence-corrected chi connectivity index (χ4v) is 3.28. The van der Waals surface area contributed by atoms with Crippen LogP contribution in [0.4, 0.5) is 11.5 Å². The van der Waals surface area contributed by atoms with Crippen LogP contribution in [0.25, 0.3) is 0 Å². The summed E-state index contributed by atoms with van der Waals surface area (Å²) in [5.74, 6) is 1.20. The molecule has 1 atom stereocenters. The highest BCUT2D eigenvalue weighted by molar-refractivity contribution is 5.96. The second-order valence-electron chi connectivity index (χ2n) is 7.65. The Morgan fingerprint density at radius 2 is 1.74 bits per heavy atom. The Morgan fingerprint density at radius 3 is 2.39 bits per heavy atom. The van der Waals surface area contributed by atoms with Gasteiger partial charge in [-0.15, -0.1) is 0 Å². The molecule has 0 radical (unpaired) electrons. The number of hydrogen-bond donors (Lipinski definition) is 1. The van der Waals surface area contributed by atoms with Crippen LogP contribution in [0.15, 0.2) is 72.9 Å². The molecule has 0 bridgehead atoms. The van der Waals surface area contributed by atoms with Crippen molar-refractivity contribution >= 4 is 17.3 Å². The van der Waals surface area contributed by atoms with Crippen LogP contribution in [0.3, 0.4) is 0 Å². The van der Waals surface area contributed by atoms with Gasteiger partial charge >= 0.3 is 0 Å². The Bertz CT molecular complexity index is 975. The number of hydrogen-bond acceptors (Lipinski definition) is 6. The van der Waals surface area contributed by atoms with Crippen LogP contribution in [0, 0.1) is 0 Å². The topological polar surface area (TPSA) is 65.9 Å². The normalized spacial score (nSPS) is 11.6. The van der Waals surface area contributed by atoms with Gasteiger partial charge in [0.05, 0.1) is 5.56 Å². The van der Waals surface area contributed by atoms with E-state index in [1.165, 1.54) is 6.92 Å². The van der Waals surface area contributed by atoms with E-state index in [1.54, 1.807) is 24.4 Å². The highest BCUT2D eigenvalue weighted by Gasteiger charge is 2.16. The van der Waals surface area contributed by atoms with E-state index in [-0.39, 0.29) is 12.4 Å². The van der Waals surface area contributed by atoms with Crippen LogP contribution in [-0.2, 0) is 6.54 Å². The minimum Gasteiger partial charge on any atom is -0.490 e. The van der Waals surface area contributed by atoms with Crippen molar-refractivity contribution < 1.29 is 14.6 Å². The lowest BCUT2D eigenvalue weighted by molar-refractivity contribution is 0.0985. The second-order valence-corrected chi connectivity index (χ2v) is 7.65. The van der Waals surface area contributed by atoms with E-state index in [0.29, 0.717) is 24.4 Å². The lowest BCUT2D eigenvalue weighted by Gasteiger charge is -2.27. The molecule has 0 aliphatic carbocycles. The molecular weight excluding hydrogens is 390 g/mol. The molecule has 1 aromatic heterocycles. The summed E-state index contributed by atoms with van der Waals surface area (Å²) in [6.07, 6.45) is 0.978. The molecular formula is C25H29N3O3. The summed E-state index contributed by atoms with van der Waals surface area (Å²) in [4.78, 5) is 20.3. The van der Waals surface area contributed by atoms with Gasteiger partial charge in [0.25, 0.3) is 0 Å². The summed E-state index contributed by atoms with van der Waals surface area (Å²) < 4.78 is 5.77. The second kappa shape index (κ2) is 10.6. The lowest BCUT2D eigenvalue weighted by atomic mass is 10.1. The van der Waals surface area contributed by atoms with Crippen molar-refractivity contribution in [2.45, 2.75) is 19.6 Å². The van der Waals surface area contributed by atoms with Crippen LogP contribution in [0.2, 0.25) is 0 Å². The van der Waals surface area contributed by atoms with E-state index in [2.05, 4.69) is 34.1 Å². The van der Waals surface area contributed by atoms with Gasteiger partial charge in [-0.25, -0.2) is 4.98 Å². The van der Waals surface area contributed by atoms with Gasteiger partial charge in [0.1, 0.15) is 24.3 Å². The summed E-state index contributed by atoms with van der Waals surface area (Å²) in [6, 6.07) is 21.1. The quantitative estimate of drug-likeness (QED) is 0.504. The molecule has 0 aliphatic heterocycles. The zero-order chi connectivity index (χ0) is 22.2. The number of para-hydroxylation sites is 1. The third-order valence-electron chi connectivity index (χ3n) is 4.93. The van der Waals surface area contributed by atoms with Gasteiger partial charge in [-0.2, -0.15) is 0 Å². The molecule has 31 heavy (non-hydrogen) atoms. The van der Waals surface area contributed by atoms with Gasteiger partial charge in [-0.1, -0.05) is 30.3 Å². The van der Waals surface area contributed by atoms with Crippen LogP contribution in [0.5, 0.6) is 5.75 Å². The van der Waals surface area contributed by atoms with Crippen molar-refractivity contribution in [1.82, 2.24) is 4.98 Å². The molecule has 0 amide bonds. The predicted molar refractivity (Wildman–Crippen MR) is 124 cm³/mol. The zero-order valence-electron chi connectivity index (χ0n) is 18.2. The zero-order valence-corrected chi connectivity index (χ0v) is 18.2. The molecule has 1 unspecified atom stereocenters. The van der Waals surface area contributed by atoms with Crippen LogP contribution < -0.4 is 14.5 Å². The van der Waals surface area contributed by atoms with Gasteiger partial charge in [-0.05, 0) is 48.9 Å². The monoisotopic (exact) mass is 419 g/mol. The van der Waals surface area contributed by atoms with Crippen molar-refractivity contribution in [2.75, 3.05) is 37.0 Å². The van der Waals surface area contributed by atoms with E-state index in [4.69, 9.17) is 4.74 Å². The van der Waals surface area contributed by atoms with Crippen molar-refractivity contribution in [3.05, 3.63) is 84.1 Å². The van der Waals surface area contributed by atoms with E-state index in [1.807, 2.05) is 43.3 Å². The largest absolute Gasteiger partial charge is 0.490 e. The summed E-state index contributed by atoms with van der Waals surface area (Å²) >= 11 is 0. The van der Waals surface area contributed by atoms with Crippen LogP contribution in [-0.4, -0.2) is 49.2 Å². The highest BCUT2D eigenvalue weighted by Crippen LogP contribution is 2.20. The van der Waals surface area contributed by atoms with Gasteiger partial charge in [-0.3, -0.25) is 4.79 Å². The Labute approximate surface area is 183 Å². The van der Waals surface area contributed by atoms with Gasteiger partial charge in [0.15, 0.2) is 5.78 Å². The SMILES string of the molecule is CC(=O)c1ccccc1OCC(O)CN(Cc1ccc(N(C)C)cc1)c1ccccn1. The summed E-state index contributed by atoms with van der Waals surface area (Å²) in [5.41, 5.74) is 2.76. The van der Waals surface area contributed by atoms with Gasteiger partial charge in [0.2, 0.25) is 0 Å². The Kier molecular flexibility index (Phi) is 7.62. The number of anilines is 2. The molecule has 162 valence electrons. The fourth-order valence-electron chi connectivity index (χ4n) is 3.28. The highest BCUT2D eigenvalue weighted by atomic mass is 16.5. The summed E-state index contributed by atoms with van der Waals surface area (Å²) in [5, 5.41) is 10.7. The molecule has 6 nitrogen and oxygen atoms in total. The molecule has 0 saturated carbocycles. The number of benzene rings is 2. The number of Topliss-reactive ketones (excluding diaryl/α,β-unsaturated/α-hetero) is 1. The Hall–Kier alpha value is -3.38. The summed E-state index contributed by atoms with van der Waals surface area (Å²) in [7, 11) is 4.02. The maximum absolute atomic E-state index is 11.8. The van der Waals surface area contributed by atoms with Gasteiger partial charge in [0, 0.05) is 39.1 Å². The molecule has 0 saturated heterocycles. The number of aromatic nitrogens is 1. The first-order chi connectivity index (χ1) is 14.9. The first-order valence-electron chi connectivity index (χ1n) is 10.3. The summed E-state index contributed by atoms with van der Waals surface area (Å²) in [6.45, 7) is 2.52. The van der Waals surface area contributed by atoms with E-state index >= 15 is 0 Å². The average Bonchev–Trinajstić information content (AvgIpc) is 2.78. The number of rotatable bonds is 10. The standard InChI is InChI=1S/C25H29N3O3/c1-19(29)23-8-4-5-9-24(23)31-18-22(30)17-28(25-10-6-7-15-26-25)16-20-11-13-21(14-12-20)27(2)3/h4-15,22,30H,16-18H2,1-3H3. The van der Waals surface area contributed by atoms with Crippen molar-refractivity contribution in [3.8, 4) is 5.75 Å². The minimum atomic E-state index is -0.761. The molecule has 0 fully saturated rings. The fraction of sp³-hybridized carbons (Fsp3) is 0.280. The molecule has 2 aromatic carbocycles. The third kappa shape index (κ3) is 6.30. The molecule has 0 spiro atoms. The van der Waals surface area contributed by atoms with E-state index < -0.39 is 6.10 Å². The van der Waals surface area contributed by atoms with Crippen molar-refractivity contribution in [2.24, 2.45) is 0 Å². The lowest BCUT2D eigenvalue weighted by Crippen LogP contribution is -2.36. The number of pyridine rings is 1. The van der Waals surface area contributed by atoms with E-state index in [0.717, 1.165) is 17.1 Å². The van der Waals surface area contributed by atoms with Crippen molar-refractivity contribution in [1.29, 1.82) is 0 Å². The minimum absolute atomic E-state index is 0.0682. The first kappa shape index (κ1) is 22.3. The first-order valence-corrected chi connectivity index (χ1v) is 10.3. The number of ketones is 1. The molecule has 1 heterocycles. The number of ether oxygens (including phenoxy) is 1. The molecule has 3 aromatic rings. The van der Waals surface area contributed by atoms with Gasteiger partial charge < -0.3 is 19.6 Å². The molecule has 3 rings (SSSR count). The Balaban J connectivity index is 1.69. The number of carbonyl (C=O) groups excluding carboxylic acids is 1. The van der Waals surface area contributed by atoms with Crippen LogP contribution >= 0.6 is 0 Å². The number of aliphatic hydroxyl groups excluding tert-OH is 1. The smallest absolute Gasteiger partial charge is 0.163 e. The maximum Gasteiger partial charge on any atom is 0.163 e. The number of nitrogens with zero attached hydrogens (tertiary/aromatic N) is 3. The number of carbonyl (C=O) groups is 1. The average molecular weight is 420 g/mol. The van der Waals surface area contributed by atoms with Crippen molar-refractivity contribution in [3.63, 3.8) is 0 Å². The molecule has 6 heteroatoms. The maximum atomic E-state index is 11.8. The molecule has 1 N–H and O–H groups in total. The third-order valence-corrected chi connectivity index (χ3v) is 4.93. The Morgan fingerprint density at radius 1 is 1.03 bits per heavy atom. The van der Waals surface area contributed by atoms with E-state index in [9.17, 15) is 9.90 Å². The predicted octanol–water partition coefficient (Wildman–Crippen LogP) is 3.80. The molecule has 0 aliphatic rings.